The molecule has 0 amide bonds. The zero-order valence-corrected chi connectivity index (χ0v) is 19.5. The van der Waals surface area contributed by atoms with E-state index in [1.165, 1.54) is 39.3 Å². The number of rotatable bonds is 4. The van der Waals surface area contributed by atoms with Crippen LogP contribution in [0.2, 0.25) is 0 Å². The molecule has 2 heterocycles. The van der Waals surface area contributed by atoms with E-state index in [0.29, 0.717) is 24.2 Å². The summed E-state index contributed by atoms with van der Waals surface area (Å²) in [5, 5.41) is 0. The van der Waals surface area contributed by atoms with E-state index in [4.69, 9.17) is 0 Å². The Bertz CT molecular complexity index is 344. The van der Waals surface area contributed by atoms with Crippen LogP contribution in [0.15, 0.2) is 0 Å². The van der Waals surface area contributed by atoms with Gasteiger partial charge in [-0.25, -0.2) is 0 Å². The molecule has 2 saturated heterocycles. The largest absolute Gasteiger partial charge is 0.298 e. The zero-order chi connectivity index (χ0) is 20.0. The lowest BCUT2D eigenvalue weighted by Crippen LogP contribution is -2.55. The van der Waals surface area contributed by atoms with Gasteiger partial charge in [0.1, 0.15) is 0 Å². The molecule has 4 nitrogen and oxygen atoms in total. The van der Waals surface area contributed by atoms with Gasteiger partial charge in [-0.05, 0) is 69.2 Å². The number of hydrogen-bond donors (Lipinski definition) is 0. The summed E-state index contributed by atoms with van der Waals surface area (Å²) in [7, 11) is 0. The first kappa shape index (κ1) is 23.9. The first-order valence-electron chi connectivity index (χ1n) is 11.0. The van der Waals surface area contributed by atoms with Gasteiger partial charge in [0.2, 0.25) is 0 Å². The summed E-state index contributed by atoms with van der Waals surface area (Å²) in [4.78, 5) is 10.3. The standard InChI is InChI=1S/2C11H24N2/c2*1-9(2)12-6-7-13(10(3)4)11(5)8-12/h2*9-11H,6-8H2,1-5H3/t2*11-/m10/s1. The van der Waals surface area contributed by atoms with Gasteiger partial charge in [0.15, 0.2) is 0 Å². The topological polar surface area (TPSA) is 13.0 Å². The molecule has 0 aromatic rings. The second-order valence-corrected chi connectivity index (χ2v) is 9.54. The molecule has 0 aliphatic carbocycles. The average Bonchev–Trinajstić information content (AvgIpc) is 2.54. The van der Waals surface area contributed by atoms with Crippen molar-refractivity contribution in [3.63, 3.8) is 0 Å². The summed E-state index contributed by atoms with van der Waals surface area (Å²) in [6.45, 7) is 30.4. The fourth-order valence-electron chi connectivity index (χ4n) is 4.47. The van der Waals surface area contributed by atoms with E-state index in [1.54, 1.807) is 0 Å². The van der Waals surface area contributed by atoms with Gasteiger partial charge < -0.3 is 0 Å². The predicted molar refractivity (Wildman–Crippen MR) is 116 cm³/mol. The highest BCUT2D eigenvalue weighted by Gasteiger charge is 2.27. The maximum Gasteiger partial charge on any atom is 0.0198 e. The lowest BCUT2D eigenvalue weighted by molar-refractivity contribution is 0.0447. The summed E-state index contributed by atoms with van der Waals surface area (Å²) in [5.41, 5.74) is 0. The Balaban J connectivity index is 0.000000260. The Morgan fingerprint density at radius 1 is 0.500 bits per heavy atom. The first-order valence-corrected chi connectivity index (χ1v) is 11.0. The molecule has 2 aliphatic rings. The van der Waals surface area contributed by atoms with Gasteiger partial charge in [0.25, 0.3) is 0 Å². The fraction of sp³-hybridized carbons (Fsp3) is 1.00. The van der Waals surface area contributed by atoms with E-state index in [-0.39, 0.29) is 0 Å². The molecule has 4 heteroatoms. The SMILES string of the molecule is CC(C)N1CCN(C(C)C)[C@@H](C)C1.CC(C)N1CCN(C(C)C)[C@H](C)C1. The Morgan fingerprint density at radius 2 is 0.808 bits per heavy atom. The van der Waals surface area contributed by atoms with Crippen LogP contribution in [-0.4, -0.2) is 95.1 Å². The summed E-state index contributed by atoms with van der Waals surface area (Å²) in [6, 6.07) is 4.24. The number of piperazine rings is 2. The Kier molecular flexibility index (Phi) is 10.1. The third-order valence-electron chi connectivity index (χ3n) is 6.21. The molecular weight excluding hydrogens is 320 g/mol. The van der Waals surface area contributed by atoms with Crippen molar-refractivity contribution in [1.29, 1.82) is 0 Å². The molecular formula is C22H48N4. The molecule has 0 radical (unpaired) electrons. The Hall–Kier alpha value is -0.160. The number of nitrogens with zero attached hydrogens (tertiary/aromatic N) is 4. The third-order valence-corrected chi connectivity index (χ3v) is 6.21. The van der Waals surface area contributed by atoms with Crippen molar-refractivity contribution in [1.82, 2.24) is 19.6 Å². The summed E-state index contributed by atoms with van der Waals surface area (Å²) >= 11 is 0. The minimum atomic E-state index is 0.698. The highest BCUT2D eigenvalue weighted by Crippen LogP contribution is 2.15. The van der Waals surface area contributed by atoms with Gasteiger partial charge in [0, 0.05) is 75.5 Å². The molecule has 2 rings (SSSR count). The van der Waals surface area contributed by atoms with E-state index in [1.807, 2.05) is 0 Å². The van der Waals surface area contributed by atoms with Crippen molar-refractivity contribution in [3.8, 4) is 0 Å². The molecule has 2 atom stereocenters. The van der Waals surface area contributed by atoms with E-state index in [2.05, 4.69) is 88.8 Å². The van der Waals surface area contributed by atoms with Crippen molar-refractivity contribution < 1.29 is 0 Å². The molecule has 0 aromatic carbocycles. The maximum absolute atomic E-state index is 2.60. The zero-order valence-electron chi connectivity index (χ0n) is 19.5. The third kappa shape index (κ3) is 7.10. The molecule has 2 fully saturated rings. The van der Waals surface area contributed by atoms with Crippen molar-refractivity contribution in [2.75, 3.05) is 39.3 Å². The Morgan fingerprint density at radius 3 is 1.00 bits per heavy atom. The van der Waals surface area contributed by atoms with Gasteiger partial charge >= 0.3 is 0 Å². The van der Waals surface area contributed by atoms with Gasteiger partial charge in [-0.2, -0.15) is 0 Å². The van der Waals surface area contributed by atoms with Crippen LogP contribution in [0.1, 0.15) is 69.2 Å². The lowest BCUT2D eigenvalue weighted by Gasteiger charge is -2.43. The van der Waals surface area contributed by atoms with Gasteiger partial charge in [0.05, 0.1) is 0 Å². The summed E-state index contributed by atoms with van der Waals surface area (Å²) < 4.78 is 0. The van der Waals surface area contributed by atoms with Crippen LogP contribution in [0.25, 0.3) is 0 Å². The molecule has 0 bridgehead atoms. The molecule has 0 unspecified atom stereocenters. The van der Waals surface area contributed by atoms with Crippen LogP contribution in [-0.2, 0) is 0 Å². The Labute approximate surface area is 164 Å². The second kappa shape index (κ2) is 11.0. The van der Waals surface area contributed by atoms with Gasteiger partial charge in [-0.15, -0.1) is 0 Å². The van der Waals surface area contributed by atoms with Crippen molar-refractivity contribution in [3.05, 3.63) is 0 Å². The van der Waals surface area contributed by atoms with Crippen LogP contribution in [0, 0.1) is 0 Å². The smallest absolute Gasteiger partial charge is 0.0198 e. The van der Waals surface area contributed by atoms with Gasteiger partial charge in [-0.1, -0.05) is 0 Å². The van der Waals surface area contributed by atoms with Crippen LogP contribution in [0.3, 0.4) is 0 Å². The van der Waals surface area contributed by atoms with E-state index < -0.39 is 0 Å². The molecule has 0 saturated carbocycles. The average molecular weight is 369 g/mol. The minimum absolute atomic E-state index is 0.698. The normalized spacial score (nSPS) is 27.5. The van der Waals surface area contributed by atoms with E-state index in [0.717, 1.165) is 12.1 Å². The summed E-state index contributed by atoms with van der Waals surface area (Å²) in [5.74, 6) is 0. The molecule has 0 spiro atoms. The van der Waals surface area contributed by atoms with Crippen molar-refractivity contribution >= 4 is 0 Å². The quantitative estimate of drug-likeness (QED) is 0.751. The second-order valence-electron chi connectivity index (χ2n) is 9.54. The van der Waals surface area contributed by atoms with Crippen molar-refractivity contribution in [2.24, 2.45) is 0 Å². The summed E-state index contributed by atoms with van der Waals surface area (Å²) in [6.07, 6.45) is 0. The lowest BCUT2D eigenvalue weighted by atomic mass is 10.1. The molecule has 26 heavy (non-hydrogen) atoms. The van der Waals surface area contributed by atoms with Crippen molar-refractivity contribution in [2.45, 2.75) is 105 Å². The van der Waals surface area contributed by atoms with Crippen LogP contribution >= 0.6 is 0 Å². The fourth-order valence-corrected chi connectivity index (χ4v) is 4.47. The van der Waals surface area contributed by atoms with Crippen LogP contribution in [0.5, 0.6) is 0 Å². The number of hydrogen-bond acceptors (Lipinski definition) is 4. The van der Waals surface area contributed by atoms with E-state index >= 15 is 0 Å². The maximum atomic E-state index is 2.60. The van der Waals surface area contributed by atoms with Gasteiger partial charge in [-0.3, -0.25) is 19.6 Å². The van der Waals surface area contributed by atoms with Crippen LogP contribution in [0.4, 0.5) is 0 Å². The monoisotopic (exact) mass is 368 g/mol. The highest BCUT2D eigenvalue weighted by atomic mass is 15.3. The van der Waals surface area contributed by atoms with Crippen LogP contribution < -0.4 is 0 Å². The highest BCUT2D eigenvalue weighted by molar-refractivity contribution is 4.83. The molecule has 0 N–H and O–H groups in total. The molecule has 0 aromatic heterocycles. The first-order chi connectivity index (χ1) is 12.0. The molecule has 156 valence electrons. The molecule has 2 aliphatic heterocycles. The predicted octanol–water partition coefficient (Wildman–Crippen LogP) is 3.62. The minimum Gasteiger partial charge on any atom is -0.298 e. The van der Waals surface area contributed by atoms with E-state index in [9.17, 15) is 0 Å².